The summed E-state index contributed by atoms with van der Waals surface area (Å²) in [7, 11) is 0. The van der Waals surface area contributed by atoms with Crippen LogP contribution in [0.15, 0.2) is 4.52 Å². The van der Waals surface area contributed by atoms with Gasteiger partial charge in [-0.05, 0) is 25.8 Å². The zero-order valence-corrected chi connectivity index (χ0v) is 11.6. The molecule has 1 aliphatic heterocycles. The van der Waals surface area contributed by atoms with Crippen LogP contribution in [0.2, 0.25) is 0 Å². The van der Waals surface area contributed by atoms with Gasteiger partial charge < -0.3 is 9.84 Å². The maximum atomic E-state index is 12.2. The molecule has 0 radical (unpaired) electrons. The Bertz CT molecular complexity index is 419. The zero-order chi connectivity index (χ0) is 14.6. The molecular formula is C13H20F3N3O. The summed E-state index contributed by atoms with van der Waals surface area (Å²) in [6.45, 7) is 3.79. The van der Waals surface area contributed by atoms with E-state index >= 15 is 0 Å². The summed E-state index contributed by atoms with van der Waals surface area (Å²) in [6.07, 6.45) is -1.49. The maximum absolute atomic E-state index is 12.2. The van der Waals surface area contributed by atoms with E-state index in [4.69, 9.17) is 4.52 Å². The molecule has 2 rings (SSSR count). The van der Waals surface area contributed by atoms with Gasteiger partial charge in [0.1, 0.15) is 0 Å². The number of piperidine rings is 1. The second-order valence-electron chi connectivity index (χ2n) is 5.44. The van der Waals surface area contributed by atoms with E-state index in [0.29, 0.717) is 5.89 Å². The zero-order valence-electron chi connectivity index (χ0n) is 11.6. The molecule has 1 atom stereocenters. The molecule has 1 unspecified atom stereocenters. The van der Waals surface area contributed by atoms with Crippen molar-refractivity contribution >= 4 is 0 Å². The molecule has 1 aromatic rings. The second-order valence-corrected chi connectivity index (χ2v) is 5.44. The van der Waals surface area contributed by atoms with Crippen LogP contribution in [-0.4, -0.2) is 29.4 Å². The van der Waals surface area contributed by atoms with Crippen molar-refractivity contribution in [2.45, 2.75) is 57.0 Å². The van der Waals surface area contributed by atoms with Gasteiger partial charge in [-0.3, -0.25) is 0 Å². The Morgan fingerprint density at radius 3 is 2.80 bits per heavy atom. The van der Waals surface area contributed by atoms with E-state index in [1.807, 2.05) is 0 Å². The molecule has 1 saturated heterocycles. The number of aryl methyl sites for hydroxylation is 1. The Hall–Kier alpha value is -1.11. The van der Waals surface area contributed by atoms with Gasteiger partial charge in [0.2, 0.25) is 5.89 Å². The minimum atomic E-state index is -4.19. The highest BCUT2D eigenvalue weighted by Gasteiger charge is 2.38. The molecule has 4 nitrogen and oxygen atoms in total. The van der Waals surface area contributed by atoms with Crippen LogP contribution < -0.4 is 5.32 Å². The van der Waals surface area contributed by atoms with Crippen molar-refractivity contribution in [3.05, 3.63) is 11.7 Å². The topological polar surface area (TPSA) is 51.0 Å². The largest absolute Gasteiger partial charge is 0.389 e. The van der Waals surface area contributed by atoms with E-state index in [2.05, 4.69) is 22.4 Å². The average Bonchev–Trinajstić information content (AvgIpc) is 2.86. The summed E-state index contributed by atoms with van der Waals surface area (Å²) in [5, 5.41) is 7.02. The molecule has 0 spiro atoms. The molecule has 0 aliphatic carbocycles. The van der Waals surface area contributed by atoms with E-state index < -0.39 is 12.6 Å². The highest BCUT2D eigenvalue weighted by atomic mass is 19.4. The van der Waals surface area contributed by atoms with Crippen molar-refractivity contribution in [2.75, 3.05) is 13.1 Å². The number of hydrogen-bond acceptors (Lipinski definition) is 4. The standard InChI is InChI=1S/C13H20F3N3O/c1-2-5-12(6-3-8-17-9-12)11-18-10(19-20-11)4-7-13(14,15)16/h17H,2-9H2,1H3. The molecule has 20 heavy (non-hydrogen) atoms. The predicted molar refractivity (Wildman–Crippen MR) is 67.4 cm³/mol. The van der Waals surface area contributed by atoms with Crippen molar-refractivity contribution in [1.82, 2.24) is 15.5 Å². The third kappa shape index (κ3) is 3.71. The molecule has 1 N–H and O–H groups in total. The van der Waals surface area contributed by atoms with Crippen LogP contribution in [0.25, 0.3) is 0 Å². The summed E-state index contributed by atoms with van der Waals surface area (Å²) in [6, 6.07) is 0. The summed E-state index contributed by atoms with van der Waals surface area (Å²) in [5.74, 6) is 0.641. The van der Waals surface area contributed by atoms with Crippen LogP contribution in [0.4, 0.5) is 13.2 Å². The summed E-state index contributed by atoms with van der Waals surface area (Å²) < 4.78 is 41.9. The van der Waals surface area contributed by atoms with Gasteiger partial charge in [-0.15, -0.1) is 0 Å². The van der Waals surface area contributed by atoms with Gasteiger partial charge in [-0.25, -0.2) is 0 Å². The van der Waals surface area contributed by atoms with E-state index in [1.54, 1.807) is 0 Å². The van der Waals surface area contributed by atoms with Crippen molar-refractivity contribution in [1.29, 1.82) is 0 Å². The first-order valence-electron chi connectivity index (χ1n) is 7.06. The van der Waals surface area contributed by atoms with E-state index in [0.717, 1.165) is 38.8 Å². The Kier molecular flexibility index (Phi) is 4.67. The van der Waals surface area contributed by atoms with E-state index in [-0.39, 0.29) is 17.7 Å². The van der Waals surface area contributed by atoms with Gasteiger partial charge in [-0.1, -0.05) is 18.5 Å². The van der Waals surface area contributed by atoms with Crippen molar-refractivity contribution in [2.24, 2.45) is 0 Å². The molecule has 114 valence electrons. The van der Waals surface area contributed by atoms with Crippen LogP contribution in [0.3, 0.4) is 0 Å². The lowest BCUT2D eigenvalue weighted by Gasteiger charge is -2.34. The molecule has 0 aromatic carbocycles. The van der Waals surface area contributed by atoms with Crippen LogP contribution in [0.5, 0.6) is 0 Å². The lowest BCUT2D eigenvalue weighted by atomic mass is 9.77. The number of nitrogens with zero attached hydrogens (tertiary/aromatic N) is 2. The van der Waals surface area contributed by atoms with Gasteiger partial charge in [0.15, 0.2) is 5.82 Å². The van der Waals surface area contributed by atoms with Gasteiger partial charge in [0, 0.05) is 13.0 Å². The number of rotatable bonds is 5. The van der Waals surface area contributed by atoms with E-state index in [9.17, 15) is 13.2 Å². The van der Waals surface area contributed by atoms with Gasteiger partial charge >= 0.3 is 6.18 Å². The SMILES string of the molecule is CCCC1(c2nc(CCC(F)(F)F)no2)CCCNC1. The molecule has 1 aromatic heterocycles. The Labute approximate surface area is 116 Å². The van der Waals surface area contributed by atoms with Crippen LogP contribution >= 0.6 is 0 Å². The Balaban J connectivity index is 2.08. The number of halogens is 3. The highest BCUT2D eigenvalue weighted by Crippen LogP contribution is 2.35. The Morgan fingerprint density at radius 1 is 1.40 bits per heavy atom. The highest BCUT2D eigenvalue weighted by molar-refractivity contribution is 5.08. The molecule has 0 bridgehead atoms. The van der Waals surface area contributed by atoms with E-state index in [1.165, 1.54) is 0 Å². The minimum Gasteiger partial charge on any atom is -0.339 e. The quantitative estimate of drug-likeness (QED) is 0.906. The van der Waals surface area contributed by atoms with Gasteiger partial charge in [-0.2, -0.15) is 18.2 Å². The summed E-state index contributed by atoms with van der Waals surface area (Å²) in [5.41, 5.74) is -0.212. The van der Waals surface area contributed by atoms with Gasteiger partial charge in [0.05, 0.1) is 11.8 Å². The molecule has 7 heteroatoms. The number of alkyl halides is 3. The van der Waals surface area contributed by atoms with Crippen molar-refractivity contribution in [3.63, 3.8) is 0 Å². The third-order valence-electron chi connectivity index (χ3n) is 3.75. The second kappa shape index (κ2) is 6.11. The minimum absolute atomic E-state index is 0.151. The maximum Gasteiger partial charge on any atom is 0.389 e. The molecule has 1 aliphatic rings. The molecule has 2 heterocycles. The molecule has 0 amide bonds. The fourth-order valence-corrected chi connectivity index (χ4v) is 2.77. The summed E-state index contributed by atoms with van der Waals surface area (Å²) in [4.78, 5) is 4.21. The van der Waals surface area contributed by atoms with Crippen molar-refractivity contribution in [3.8, 4) is 0 Å². The fourth-order valence-electron chi connectivity index (χ4n) is 2.77. The fraction of sp³-hybridized carbons (Fsp3) is 0.846. The third-order valence-corrected chi connectivity index (χ3v) is 3.75. The summed E-state index contributed by atoms with van der Waals surface area (Å²) >= 11 is 0. The lowest BCUT2D eigenvalue weighted by Crippen LogP contribution is -2.43. The van der Waals surface area contributed by atoms with Crippen LogP contribution in [0, 0.1) is 0 Å². The lowest BCUT2D eigenvalue weighted by molar-refractivity contribution is -0.134. The number of nitrogens with one attached hydrogen (secondary N) is 1. The first kappa shape index (κ1) is 15.3. The molecule has 1 fully saturated rings. The predicted octanol–water partition coefficient (Wildman–Crippen LogP) is 2.99. The average molecular weight is 291 g/mol. The molecular weight excluding hydrogens is 271 g/mol. The number of hydrogen-bond donors (Lipinski definition) is 1. The first-order chi connectivity index (χ1) is 9.45. The van der Waals surface area contributed by atoms with Crippen LogP contribution in [0.1, 0.15) is 50.7 Å². The van der Waals surface area contributed by atoms with Crippen LogP contribution in [-0.2, 0) is 11.8 Å². The first-order valence-corrected chi connectivity index (χ1v) is 7.06. The Morgan fingerprint density at radius 2 is 2.20 bits per heavy atom. The molecule has 0 saturated carbocycles. The van der Waals surface area contributed by atoms with Gasteiger partial charge in [0.25, 0.3) is 0 Å². The monoisotopic (exact) mass is 291 g/mol. The smallest absolute Gasteiger partial charge is 0.339 e. The normalized spacial score (nSPS) is 24.0. The number of aromatic nitrogens is 2. The van der Waals surface area contributed by atoms with Crippen molar-refractivity contribution < 1.29 is 17.7 Å².